The number of aromatic amines is 1. The molecule has 0 bridgehead atoms. The highest BCUT2D eigenvalue weighted by molar-refractivity contribution is 7.85. The van der Waals surface area contributed by atoms with Gasteiger partial charge < -0.3 is 5.32 Å². The second-order valence-electron chi connectivity index (χ2n) is 5.27. The number of aromatic nitrogens is 4. The monoisotopic (exact) mass is 396 g/mol. The molecule has 3 N–H and O–H groups in total. The molecule has 0 fully saturated rings. The van der Waals surface area contributed by atoms with Gasteiger partial charge in [0.15, 0.2) is 0 Å². The number of azo groups is 1. The van der Waals surface area contributed by atoms with E-state index in [0.717, 1.165) is 0 Å². The van der Waals surface area contributed by atoms with Crippen molar-refractivity contribution in [1.29, 1.82) is 5.26 Å². The van der Waals surface area contributed by atoms with Crippen molar-refractivity contribution in [2.45, 2.75) is 4.90 Å². The molecular weight excluding hydrogens is 384 g/mol. The summed E-state index contributed by atoms with van der Waals surface area (Å²) < 4.78 is 30.9. The maximum absolute atomic E-state index is 11.0. The van der Waals surface area contributed by atoms with Gasteiger partial charge in [0.1, 0.15) is 11.6 Å². The Morgan fingerprint density at radius 1 is 1.11 bits per heavy atom. The Morgan fingerprint density at radius 2 is 1.71 bits per heavy atom. The van der Waals surface area contributed by atoms with Gasteiger partial charge in [0.25, 0.3) is 10.1 Å². The van der Waals surface area contributed by atoms with Crippen LogP contribution >= 0.6 is 0 Å². The summed E-state index contributed by atoms with van der Waals surface area (Å²) in [6.07, 6.45) is 1.46. The molecule has 28 heavy (non-hydrogen) atoms. The Kier molecular flexibility index (Phi) is 5.49. The lowest BCUT2D eigenvalue weighted by atomic mass is 10.2. The molecular formula is C16H12N8O3S. The smallest absolute Gasteiger partial charge is 0.294 e. The Labute approximate surface area is 159 Å². The highest BCUT2D eigenvalue weighted by Gasteiger charge is 2.08. The SMILES string of the molecule is N#CC(=CNc1ccc(N=Nc2ccc(S(=O)(=O)O)cc2)cc1)c1nn[nH]n1. The van der Waals surface area contributed by atoms with Gasteiger partial charge in [-0.1, -0.05) is 0 Å². The third kappa shape index (κ3) is 4.81. The number of nitrogens with one attached hydrogen (secondary N) is 2. The van der Waals surface area contributed by atoms with Gasteiger partial charge in [-0.3, -0.25) is 4.55 Å². The van der Waals surface area contributed by atoms with Crippen LogP contribution in [-0.4, -0.2) is 33.6 Å². The first-order chi connectivity index (χ1) is 13.5. The van der Waals surface area contributed by atoms with Crippen molar-refractivity contribution in [3.63, 3.8) is 0 Å². The minimum absolute atomic E-state index is 0.181. The van der Waals surface area contributed by atoms with Gasteiger partial charge >= 0.3 is 0 Å². The van der Waals surface area contributed by atoms with Gasteiger partial charge in [0, 0.05) is 11.9 Å². The minimum atomic E-state index is -4.24. The summed E-state index contributed by atoms with van der Waals surface area (Å²) in [7, 11) is -4.24. The Bertz CT molecular complexity index is 1150. The average Bonchev–Trinajstić information content (AvgIpc) is 3.22. The minimum Gasteiger partial charge on any atom is -0.360 e. The Hall–Kier alpha value is -3.95. The Balaban J connectivity index is 1.66. The van der Waals surface area contributed by atoms with Crippen LogP contribution in [0.5, 0.6) is 0 Å². The first kappa shape index (κ1) is 18.8. The quantitative estimate of drug-likeness (QED) is 0.324. The summed E-state index contributed by atoms with van der Waals surface area (Å²) >= 11 is 0. The van der Waals surface area contributed by atoms with E-state index in [0.29, 0.717) is 17.1 Å². The molecule has 0 saturated carbocycles. The second kappa shape index (κ2) is 8.16. The van der Waals surface area contributed by atoms with Gasteiger partial charge in [-0.05, 0) is 53.7 Å². The van der Waals surface area contributed by atoms with E-state index >= 15 is 0 Å². The van der Waals surface area contributed by atoms with Gasteiger partial charge in [-0.15, -0.1) is 10.2 Å². The highest BCUT2D eigenvalue weighted by atomic mass is 32.2. The zero-order valence-electron chi connectivity index (χ0n) is 14.1. The largest absolute Gasteiger partial charge is 0.360 e. The molecule has 3 aromatic rings. The average molecular weight is 396 g/mol. The second-order valence-corrected chi connectivity index (χ2v) is 6.69. The van der Waals surface area contributed by atoms with Crippen molar-refractivity contribution in [2.75, 3.05) is 5.32 Å². The molecule has 0 aliphatic carbocycles. The number of tetrazole rings is 1. The fourth-order valence-electron chi connectivity index (χ4n) is 2.00. The molecule has 0 saturated heterocycles. The standard InChI is InChI=1S/C16H12N8O3S/c17-9-11(16-21-23-24-22-16)10-18-12-1-3-13(4-2-12)19-20-14-5-7-15(8-6-14)28(25,26)27/h1-8,10,18H,(H,25,26,27)(H,21,22,23,24). The predicted molar refractivity (Wildman–Crippen MR) is 98.3 cm³/mol. The van der Waals surface area contributed by atoms with E-state index in [-0.39, 0.29) is 16.3 Å². The summed E-state index contributed by atoms with van der Waals surface area (Å²) in [5.74, 6) is 0.181. The van der Waals surface area contributed by atoms with Crippen LogP contribution in [-0.2, 0) is 10.1 Å². The van der Waals surface area contributed by atoms with Crippen LogP contribution in [0.3, 0.4) is 0 Å². The molecule has 140 valence electrons. The molecule has 3 rings (SSSR count). The first-order valence-electron chi connectivity index (χ1n) is 7.66. The lowest BCUT2D eigenvalue weighted by Crippen LogP contribution is -1.96. The first-order valence-corrected chi connectivity index (χ1v) is 9.10. The van der Waals surface area contributed by atoms with E-state index in [1.807, 2.05) is 6.07 Å². The van der Waals surface area contributed by atoms with E-state index in [1.54, 1.807) is 24.3 Å². The summed E-state index contributed by atoms with van der Waals surface area (Å²) in [5, 5.41) is 33.2. The number of hydrogen-bond donors (Lipinski definition) is 3. The van der Waals surface area contributed by atoms with E-state index in [1.165, 1.54) is 30.5 Å². The fourth-order valence-corrected chi connectivity index (χ4v) is 2.48. The van der Waals surface area contributed by atoms with Crippen molar-refractivity contribution >= 4 is 32.8 Å². The molecule has 1 aromatic heterocycles. The van der Waals surface area contributed by atoms with Crippen LogP contribution in [0, 0.1) is 11.3 Å². The third-order valence-corrected chi connectivity index (χ3v) is 4.24. The lowest BCUT2D eigenvalue weighted by Gasteiger charge is -2.01. The lowest BCUT2D eigenvalue weighted by molar-refractivity contribution is 0.483. The maximum Gasteiger partial charge on any atom is 0.294 e. The third-order valence-electron chi connectivity index (χ3n) is 3.37. The number of anilines is 1. The van der Waals surface area contributed by atoms with Crippen LogP contribution in [0.2, 0.25) is 0 Å². The van der Waals surface area contributed by atoms with Crippen molar-refractivity contribution in [3.8, 4) is 6.07 Å². The van der Waals surface area contributed by atoms with Crippen molar-refractivity contribution < 1.29 is 13.0 Å². The van der Waals surface area contributed by atoms with Crippen LogP contribution in [0.1, 0.15) is 5.82 Å². The summed E-state index contributed by atoms with van der Waals surface area (Å²) in [5.41, 5.74) is 1.90. The fraction of sp³-hybridized carbons (Fsp3) is 0. The van der Waals surface area contributed by atoms with Crippen molar-refractivity contribution in [2.24, 2.45) is 10.2 Å². The number of H-pyrrole nitrogens is 1. The molecule has 0 atom stereocenters. The van der Waals surface area contributed by atoms with Crippen LogP contribution in [0.15, 0.2) is 69.9 Å². The van der Waals surface area contributed by atoms with Crippen molar-refractivity contribution in [3.05, 3.63) is 60.6 Å². The summed E-state index contributed by atoms with van der Waals surface area (Å²) in [4.78, 5) is -0.215. The Morgan fingerprint density at radius 3 is 2.21 bits per heavy atom. The predicted octanol–water partition coefficient (Wildman–Crippen LogP) is 2.84. The molecule has 2 aromatic carbocycles. The van der Waals surface area contributed by atoms with Crippen LogP contribution in [0.4, 0.5) is 17.1 Å². The van der Waals surface area contributed by atoms with E-state index in [2.05, 4.69) is 36.2 Å². The molecule has 0 amide bonds. The van der Waals surface area contributed by atoms with Gasteiger partial charge in [-0.25, -0.2) is 0 Å². The van der Waals surface area contributed by atoms with E-state index in [4.69, 9.17) is 9.81 Å². The number of allylic oxidation sites excluding steroid dienone is 1. The van der Waals surface area contributed by atoms with Gasteiger partial charge in [0.2, 0.25) is 5.82 Å². The molecule has 0 radical (unpaired) electrons. The van der Waals surface area contributed by atoms with E-state index < -0.39 is 10.1 Å². The number of nitriles is 1. The molecule has 1 heterocycles. The molecule has 0 aliphatic heterocycles. The molecule has 0 unspecified atom stereocenters. The zero-order chi connectivity index (χ0) is 20.0. The number of hydrogen-bond acceptors (Lipinski definition) is 9. The number of rotatable bonds is 6. The van der Waals surface area contributed by atoms with Crippen molar-refractivity contribution in [1.82, 2.24) is 20.6 Å². The van der Waals surface area contributed by atoms with Gasteiger partial charge in [0.05, 0.1) is 16.3 Å². The van der Waals surface area contributed by atoms with Crippen LogP contribution in [0.25, 0.3) is 5.57 Å². The zero-order valence-corrected chi connectivity index (χ0v) is 14.9. The highest BCUT2D eigenvalue weighted by Crippen LogP contribution is 2.22. The van der Waals surface area contributed by atoms with Crippen LogP contribution < -0.4 is 5.32 Å². The molecule has 11 nitrogen and oxygen atoms in total. The molecule has 0 spiro atoms. The number of benzene rings is 2. The normalized spacial score (nSPS) is 12.1. The molecule has 12 heteroatoms. The number of nitrogens with zero attached hydrogens (tertiary/aromatic N) is 6. The molecule has 0 aliphatic rings. The topological polar surface area (TPSA) is 169 Å². The van der Waals surface area contributed by atoms with E-state index in [9.17, 15) is 8.42 Å². The summed E-state index contributed by atoms with van der Waals surface area (Å²) in [6.45, 7) is 0. The maximum atomic E-state index is 11.0. The summed E-state index contributed by atoms with van der Waals surface area (Å²) in [6, 6.07) is 14.2. The van der Waals surface area contributed by atoms with Gasteiger partial charge in [-0.2, -0.15) is 29.1 Å².